The molecule has 0 aliphatic carbocycles. The fraction of sp³-hybridized carbons (Fsp3) is 0.364. The number of amidine groups is 1. The van der Waals surface area contributed by atoms with Crippen LogP contribution in [0, 0.1) is 13.8 Å². The maximum Gasteiger partial charge on any atom is 0.234 e. The topological polar surface area (TPSA) is 78.8 Å². The molecule has 2 atom stereocenters. The molecule has 1 saturated heterocycles. The lowest BCUT2D eigenvalue weighted by Crippen LogP contribution is -2.38. The van der Waals surface area contributed by atoms with Crippen molar-refractivity contribution in [3.8, 4) is 0 Å². The number of benzene rings is 2. The highest BCUT2D eigenvalue weighted by Crippen LogP contribution is 2.32. The molecule has 31 heavy (non-hydrogen) atoms. The van der Waals surface area contributed by atoms with E-state index in [0.29, 0.717) is 11.6 Å². The van der Waals surface area contributed by atoms with Gasteiger partial charge in [0.1, 0.15) is 0 Å². The summed E-state index contributed by atoms with van der Waals surface area (Å²) in [5, 5.41) is 4.32. The summed E-state index contributed by atoms with van der Waals surface area (Å²) >= 11 is 7.34. The second kappa shape index (κ2) is 8.84. The minimum Gasteiger partial charge on any atom is -0.341 e. The molecule has 164 valence electrons. The Hall–Kier alpha value is -2.03. The van der Waals surface area contributed by atoms with Gasteiger partial charge < -0.3 is 10.2 Å². The van der Waals surface area contributed by atoms with Crippen LogP contribution in [0.4, 0.5) is 5.69 Å². The van der Waals surface area contributed by atoms with Crippen LogP contribution in [0.2, 0.25) is 5.02 Å². The van der Waals surface area contributed by atoms with Crippen molar-refractivity contribution in [2.45, 2.75) is 32.5 Å². The highest BCUT2D eigenvalue weighted by molar-refractivity contribution is 8.14. The van der Waals surface area contributed by atoms with Gasteiger partial charge >= 0.3 is 0 Å². The van der Waals surface area contributed by atoms with Crippen molar-refractivity contribution in [2.24, 2.45) is 4.99 Å². The molecule has 6 nitrogen and oxygen atoms in total. The van der Waals surface area contributed by atoms with Crippen LogP contribution in [0.1, 0.15) is 16.7 Å². The smallest absolute Gasteiger partial charge is 0.234 e. The summed E-state index contributed by atoms with van der Waals surface area (Å²) < 4.78 is 24.3. The first-order valence-electron chi connectivity index (χ1n) is 9.99. The number of amides is 1. The van der Waals surface area contributed by atoms with Gasteiger partial charge in [0.05, 0.1) is 29.3 Å². The van der Waals surface area contributed by atoms with Gasteiger partial charge in [-0.2, -0.15) is 0 Å². The van der Waals surface area contributed by atoms with Crippen molar-refractivity contribution >= 4 is 50.0 Å². The number of nitrogens with zero attached hydrogens (tertiary/aromatic N) is 2. The summed E-state index contributed by atoms with van der Waals surface area (Å²) in [6.45, 7) is 4.50. The van der Waals surface area contributed by atoms with Crippen molar-refractivity contribution in [1.29, 1.82) is 0 Å². The van der Waals surface area contributed by atoms with Gasteiger partial charge in [-0.25, -0.2) is 8.42 Å². The number of aryl methyl sites for hydroxylation is 2. The zero-order valence-corrected chi connectivity index (χ0v) is 19.7. The summed E-state index contributed by atoms with van der Waals surface area (Å²) in [5.41, 5.74) is 3.97. The van der Waals surface area contributed by atoms with Crippen molar-refractivity contribution in [1.82, 2.24) is 4.90 Å². The molecule has 0 bridgehead atoms. The summed E-state index contributed by atoms with van der Waals surface area (Å²) in [6, 6.07) is 12.9. The molecular weight excluding hydrogens is 454 g/mol. The Kier molecular flexibility index (Phi) is 6.32. The van der Waals surface area contributed by atoms with Gasteiger partial charge in [-0.15, -0.1) is 0 Å². The third kappa shape index (κ3) is 5.25. The Balaban J connectivity index is 1.45. The number of nitrogens with one attached hydrogen (secondary N) is 1. The molecule has 1 amide bonds. The highest BCUT2D eigenvalue weighted by Gasteiger charge is 2.46. The predicted octanol–water partition coefficient (Wildman–Crippen LogP) is 3.67. The molecule has 1 fully saturated rings. The van der Waals surface area contributed by atoms with E-state index in [1.807, 2.05) is 61.2 Å². The van der Waals surface area contributed by atoms with Crippen molar-refractivity contribution in [3.05, 3.63) is 64.2 Å². The number of sulfone groups is 1. The Labute approximate surface area is 192 Å². The molecule has 2 aromatic carbocycles. The number of fused-ring (bicyclic) bond motifs is 1. The number of halogens is 1. The van der Waals surface area contributed by atoms with Gasteiger partial charge in [0.15, 0.2) is 15.0 Å². The summed E-state index contributed by atoms with van der Waals surface area (Å²) in [6.07, 6.45) is 0. The lowest BCUT2D eigenvalue weighted by Gasteiger charge is -2.26. The molecule has 1 N–H and O–H groups in total. The molecule has 0 saturated carbocycles. The first kappa shape index (κ1) is 22.2. The van der Waals surface area contributed by atoms with Crippen molar-refractivity contribution in [3.63, 3.8) is 0 Å². The first-order chi connectivity index (χ1) is 14.7. The molecule has 0 aromatic heterocycles. The molecule has 2 aromatic rings. The van der Waals surface area contributed by atoms with E-state index in [4.69, 9.17) is 11.6 Å². The third-order valence-corrected chi connectivity index (χ3v) is 8.43. The standard InChI is InChI=1S/C22H24ClN3O3S2/c1-14-3-8-18(15(2)9-14)24-21(27)11-30-22-25-19-12-31(28,29)13-20(19)26(22)10-16-4-6-17(23)7-5-16/h3-9,19-20H,10-13H2,1-2H3,(H,24,27)/t19-,20+/m0/s1. The van der Waals surface area contributed by atoms with Gasteiger partial charge in [0.25, 0.3) is 0 Å². The van der Waals surface area contributed by atoms with Gasteiger partial charge in [0, 0.05) is 17.3 Å². The second-order valence-corrected chi connectivity index (χ2v) is 11.6. The number of thioether (sulfide) groups is 1. The van der Waals surface area contributed by atoms with E-state index in [-0.39, 0.29) is 35.2 Å². The number of carbonyl (C=O) groups excluding carboxylic acids is 1. The fourth-order valence-electron chi connectivity index (χ4n) is 3.95. The lowest BCUT2D eigenvalue weighted by atomic mass is 10.1. The molecular formula is C22H24ClN3O3S2. The van der Waals surface area contributed by atoms with E-state index in [0.717, 1.165) is 27.5 Å². The second-order valence-electron chi connectivity index (χ2n) is 8.03. The number of anilines is 1. The van der Waals surface area contributed by atoms with Crippen LogP contribution >= 0.6 is 23.4 Å². The third-order valence-electron chi connectivity index (χ3n) is 5.47. The molecule has 4 rings (SSSR count). The van der Waals surface area contributed by atoms with Gasteiger partial charge in [-0.3, -0.25) is 9.79 Å². The van der Waals surface area contributed by atoms with Gasteiger partial charge in [-0.1, -0.05) is 53.2 Å². The first-order valence-corrected chi connectivity index (χ1v) is 13.2. The minimum absolute atomic E-state index is 0.0631. The van der Waals surface area contributed by atoms with Crippen LogP contribution in [0.25, 0.3) is 0 Å². The van der Waals surface area contributed by atoms with E-state index < -0.39 is 9.84 Å². The van der Waals surface area contributed by atoms with E-state index in [1.165, 1.54) is 11.8 Å². The van der Waals surface area contributed by atoms with Gasteiger partial charge in [0.2, 0.25) is 5.91 Å². The van der Waals surface area contributed by atoms with Crippen LogP contribution in [0.3, 0.4) is 0 Å². The largest absolute Gasteiger partial charge is 0.341 e. The van der Waals surface area contributed by atoms with Crippen LogP contribution in [0.15, 0.2) is 47.5 Å². The number of carbonyl (C=O) groups is 1. The Bertz CT molecular complexity index is 1130. The Morgan fingerprint density at radius 3 is 2.65 bits per heavy atom. The number of hydrogen-bond acceptors (Lipinski definition) is 6. The monoisotopic (exact) mass is 477 g/mol. The number of hydrogen-bond donors (Lipinski definition) is 1. The quantitative estimate of drug-likeness (QED) is 0.710. The van der Waals surface area contributed by atoms with Crippen LogP contribution in [-0.2, 0) is 21.2 Å². The van der Waals surface area contributed by atoms with Crippen LogP contribution in [-0.4, -0.2) is 53.7 Å². The average molecular weight is 478 g/mol. The summed E-state index contributed by atoms with van der Waals surface area (Å²) in [7, 11) is -3.10. The van der Waals surface area contributed by atoms with E-state index >= 15 is 0 Å². The molecule has 9 heteroatoms. The SMILES string of the molecule is Cc1ccc(NC(=O)CSC2=N[C@H]3CS(=O)(=O)C[C@H]3N2Cc2ccc(Cl)cc2)c(C)c1. The zero-order valence-electron chi connectivity index (χ0n) is 17.3. The molecule has 0 radical (unpaired) electrons. The predicted molar refractivity (Wildman–Crippen MR) is 128 cm³/mol. The van der Waals surface area contributed by atoms with Crippen molar-refractivity contribution < 1.29 is 13.2 Å². The Morgan fingerprint density at radius 2 is 1.94 bits per heavy atom. The zero-order chi connectivity index (χ0) is 22.2. The Morgan fingerprint density at radius 1 is 1.19 bits per heavy atom. The van der Waals surface area contributed by atoms with E-state index in [1.54, 1.807) is 0 Å². The maximum atomic E-state index is 12.5. The highest BCUT2D eigenvalue weighted by atomic mass is 35.5. The minimum atomic E-state index is -3.10. The maximum absolute atomic E-state index is 12.5. The van der Waals surface area contributed by atoms with E-state index in [9.17, 15) is 13.2 Å². The van der Waals surface area contributed by atoms with Crippen LogP contribution in [0.5, 0.6) is 0 Å². The molecule has 0 unspecified atom stereocenters. The molecule has 2 heterocycles. The van der Waals surface area contributed by atoms with Crippen LogP contribution < -0.4 is 5.32 Å². The summed E-state index contributed by atoms with van der Waals surface area (Å²) in [4.78, 5) is 19.2. The van der Waals surface area contributed by atoms with Gasteiger partial charge in [-0.05, 0) is 43.2 Å². The summed E-state index contributed by atoms with van der Waals surface area (Å²) in [5.74, 6) is 0.243. The number of aliphatic imine (C=N–C) groups is 1. The number of rotatable bonds is 5. The van der Waals surface area contributed by atoms with E-state index in [2.05, 4.69) is 10.3 Å². The molecule has 2 aliphatic heterocycles. The van der Waals surface area contributed by atoms with Crippen molar-refractivity contribution in [2.75, 3.05) is 22.6 Å². The lowest BCUT2D eigenvalue weighted by molar-refractivity contribution is -0.113. The normalized spacial score (nSPS) is 21.6. The molecule has 2 aliphatic rings. The average Bonchev–Trinajstić information content (AvgIpc) is 3.16. The fourth-order valence-corrected chi connectivity index (χ4v) is 6.86. The molecule has 0 spiro atoms.